The average molecular weight is 274 g/mol. The number of methoxy groups -OCH3 is 1. The number of aromatic nitrogens is 1. The van der Waals surface area contributed by atoms with Crippen LogP contribution in [0.3, 0.4) is 0 Å². The number of amides is 1. The zero-order valence-electron chi connectivity index (χ0n) is 10.6. The summed E-state index contributed by atoms with van der Waals surface area (Å²) < 4.78 is 17.9. The maximum atomic E-state index is 13.4. The van der Waals surface area contributed by atoms with Gasteiger partial charge in [0.05, 0.1) is 18.4 Å². The molecule has 20 heavy (non-hydrogen) atoms. The van der Waals surface area contributed by atoms with Crippen molar-refractivity contribution in [2.45, 2.75) is 0 Å². The molecule has 5 nitrogen and oxygen atoms in total. The van der Waals surface area contributed by atoms with Crippen LogP contribution in [-0.4, -0.2) is 24.0 Å². The van der Waals surface area contributed by atoms with Gasteiger partial charge >= 0.3 is 5.97 Å². The summed E-state index contributed by atoms with van der Waals surface area (Å²) in [6.07, 6.45) is 1.22. The van der Waals surface area contributed by atoms with Crippen LogP contribution in [0.25, 0.3) is 0 Å². The molecule has 0 saturated carbocycles. The third kappa shape index (κ3) is 2.97. The molecule has 2 aromatic rings. The van der Waals surface area contributed by atoms with Crippen molar-refractivity contribution in [1.82, 2.24) is 4.98 Å². The SMILES string of the molecule is COC(=O)c1ccc(C(=O)Nc2ccccc2F)nc1. The number of pyridine rings is 1. The van der Waals surface area contributed by atoms with E-state index in [0.717, 1.165) is 0 Å². The minimum Gasteiger partial charge on any atom is -0.465 e. The van der Waals surface area contributed by atoms with Gasteiger partial charge in [-0.2, -0.15) is 0 Å². The van der Waals surface area contributed by atoms with Gasteiger partial charge in [0.25, 0.3) is 5.91 Å². The van der Waals surface area contributed by atoms with E-state index >= 15 is 0 Å². The molecular weight excluding hydrogens is 263 g/mol. The Morgan fingerprint density at radius 1 is 1.20 bits per heavy atom. The van der Waals surface area contributed by atoms with Crippen LogP contribution in [0, 0.1) is 5.82 Å². The lowest BCUT2D eigenvalue weighted by Gasteiger charge is -2.06. The van der Waals surface area contributed by atoms with Gasteiger partial charge in [0, 0.05) is 6.20 Å². The fraction of sp³-hybridized carbons (Fsp3) is 0.0714. The maximum Gasteiger partial charge on any atom is 0.339 e. The number of anilines is 1. The monoisotopic (exact) mass is 274 g/mol. The lowest BCUT2D eigenvalue weighted by molar-refractivity contribution is 0.0600. The van der Waals surface area contributed by atoms with Gasteiger partial charge < -0.3 is 10.1 Å². The molecule has 1 N–H and O–H groups in total. The summed E-state index contributed by atoms with van der Waals surface area (Å²) in [4.78, 5) is 26.9. The van der Waals surface area contributed by atoms with E-state index in [1.807, 2.05) is 0 Å². The zero-order chi connectivity index (χ0) is 14.5. The van der Waals surface area contributed by atoms with Gasteiger partial charge in [-0.1, -0.05) is 12.1 Å². The van der Waals surface area contributed by atoms with E-state index in [4.69, 9.17) is 0 Å². The van der Waals surface area contributed by atoms with Crippen molar-refractivity contribution in [1.29, 1.82) is 0 Å². The molecule has 0 spiro atoms. The van der Waals surface area contributed by atoms with Crippen LogP contribution in [0.1, 0.15) is 20.8 Å². The summed E-state index contributed by atoms with van der Waals surface area (Å²) in [6, 6.07) is 8.58. The molecule has 1 aromatic carbocycles. The lowest BCUT2D eigenvalue weighted by atomic mass is 10.2. The summed E-state index contributed by atoms with van der Waals surface area (Å²) in [5.74, 6) is -1.64. The molecule has 0 radical (unpaired) electrons. The molecule has 1 amide bonds. The largest absolute Gasteiger partial charge is 0.465 e. The smallest absolute Gasteiger partial charge is 0.339 e. The van der Waals surface area contributed by atoms with E-state index in [0.29, 0.717) is 0 Å². The highest BCUT2D eigenvalue weighted by Gasteiger charge is 2.12. The number of hydrogen-bond donors (Lipinski definition) is 1. The highest BCUT2D eigenvalue weighted by molar-refractivity contribution is 6.03. The van der Waals surface area contributed by atoms with Gasteiger partial charge in [-0.05, 0) is 24.3 Å². The molecule has 0 unspecified atom stereocenters. The van der Waals surface area contributed by atoms with E-state index in [-0.39, 0.29) is 16.9 Å². The number of rotatable bonds is 3. The first-order valence-electron chi connectivity index (χ1n) is 5.72. The maximum absolute atomic E-state index is 13.4. The number of halogens is 1. The summed E-state index contributed by atoms with van der Waals surface area (Å²) in [6.45, 7) is 0. The molecule has 102 valence electrons. The number of carbonyl (C=O) groups is 2. The zero-order valence-corrected chi connectivity index (χ0v) is 10.6. The van der Waals surface area contributed by atoms with E-state index in [1.165, 1.54) is 43.6 Å². The number of carbonyl (C=O) groups excluding carboxylic acids is 2. The Bertz CT molecular complexity index is 641. The summed E-state index contributed by atoms with van der Waals surface area (Å²) >= 11 is 0. The number of esters is 1. The van der Waals surface area contributed by atoms with E-state index in [9.17, 15) is 14.0 Å². The van der Waals surface area contributed by atoms with E-state index in [2.05, 4.69) is 15.0 Å². The second-order valence-electron chi connectivity index (χ2n) is 3.86. The first kappa shape index (κ1) is 13.7. The third-order valence-corrected chi connectivity index (χ3v) is 2.54. The molecule has 0 saturated heterocycles. The van der Waals surface area contributed by atoms with E-state index < -0.39 is 17.7 Å². The predicted molar refractivity (Wildman–Crippen MR) is 69.9 cm³/mol. The second kappa shape index (κ2) is 5.92. The van der Waals surface area contributed by atoms with Gasteiger partial charge in [-0.15, -0.1) is 0 Å². The molecule has 1 aromatic heterocycles. The van der Waals surface area contributed by atoms with Gasteiger partial charge in [0.2, 0.25) is 0 Å². The number of hydrogen-bond acceptors (Lipinski definition) is 4. The fourth-order valence-electron chi connectivity index (χ4n) is 1.52. The molecule has 2 rings (SSSR count). The van der Waals surface area contributed by atoms with Gasteiger partial charge in [0.15, 0.2) is 0 Å². The van der Waals surface area contributed by atoms with Crippen molar-refractivity contribution in [2.75, 3.05) is 12.4 Å². The number of benzene rings is 1. The number of para-hydroxylation sites is 1. The van der Waals surface area contributed by atoms with Gasteiger partial charge in [-0.3, -0.25) is 9.78 Å². The Hall–Kier alpha value is -2.76. The van der Waals surface area contributed by atoms with Crippen molar-refractivity contribution in [3.8, 4) is 0 Å². The van der Waals surface area contributed by atoms with Crippen LogP contribution < -0.4 is 5.32 Å². The highest BCUT2D eigenvalue weighted by Crippen LogP contribution is 2.13. The molecular formula is C14H11FN2O3. The molecule has 0 aliphatic rings. The first-order valence-corrected chi connectivity index (χ1v) is 5.72. The van der Waals surface area contributed by atoms with Crippen LogP contribution in [-0.2, 0) is 4.74 Å². The Kier molecular flexibility index (Phi) is 4.05. The molecule has 0 aliphatic heterocycles. The predicted octanol–water partition coefficient (Wildman–Crippen LogP) is 2.26. The summed E-state index contributed by atoms with van der Waals surface area (Å²) in [7, 11) is 1.25. The molecule has 6 heteroatoms. The van der Waals surface area contributed by atoms with Crippen molar-refractivity contribution >= 4 is 17.6 Å². The van der Waals surface area contributed by atoms with Crippen molar-refractivity contribution in [3.63, 3.8) is 0 Å². The van der Waals surface area contributed by atoms with Crippen molar-refractivity contribution in [2.24, 2.45) is 0 Å². The molecule has 0 atom stereocenters. The lowest BCUT2D eigenvalue weighted by Crippen LogP contribution is -2.15. The first-order chi connectivity index (χ1) is 9.61. The fourth-order valence-corrected chi connectivity index (χ4v) is 1.52. The average Bonchev–Trinajstić information content (AvgIpc) is 2.49. The summed E-state index contributed by atoms with van der Waals surface area (Å²) in [5.41, 5.74) is 0.368. The van der Waals surface area contributed by atoms with Crippen LogP contribution in [0.5, 0.6) is 0 Å². The third-order valence-electron chi connectivity index (χ3n) is 2.54. The Balaban J connectivity index is 2.14. The van der Waals surface area contributed by atoms with Gasteiger partial charge in [-0.25, -0.2) is 9.18 Å². The Morgan fingerprint density at radius 2 is 1.95 bits per heavy atom. The number of nitrogens with one attached hydrogen (secondary N) is 1. The molecule has 0 fully saturated rings. The Labute approximate surface area is 114 Å². The standard InChI is InChI=1S/C14H11FN2O3/c1-20-14(19)9-6-7-12(16-8-9)13(18)17-11-5-3-2-4-10(11)15/h2-8H,1H3,(H,17,18). The van der Waals surface area contributed by atoms with Crippen LogP contribution >= 0.6 is 0 Å². The molecule has 1 heterocycles. The quantitative estimate of drug-likeness (QED) is 0.872. The molecule has 0 bridgehead atoms. The van der Waals surface area contributed by atoms with Crippen LogP contribution in [0.4, 0.5) is 10.1 Å². The number of nitrogens with zero attached hydrogens (tertiary/aromatic N) is 1. The van der Waals surface area contributed by atoms with Crippen molar-refractivity contribution < 1.29 is 18.7 Å². The normalized spacial score (nSPS) is 9.90. The Morgan fingerprint density at radius 3 is 2.55 bits per heavy atom. The highest BCUT2D eigenvalue weighted by atomic mass is 19.1. The minimum absolute atomic E-state index is 0.0661. The van der Waals surface area contributed by atoms with Crippen LogP contribution in [0.15, 0.2) is 42.6 Å². The minimum atomic E-state index is -0.563. The molecule has 0 aliphatic carbocycles. The van der Waals surface area contributed by atoms with Crippen molar-refractivity contribution in [3.05, 3.63) is 59.7 Å². The summed E-state index contributed by atoms with van der Waals surface area (Å²) in [5, 5.41) is 2.40. The van der Waals surface area contributed by atoms with Crippen LogP contribution in [0.2, 0.25) is 0 Å². The van der Waals surface area contributed by atoms with Gasteiger partial charge in [0.1, 0.15) is 11.5 Å². The van der Waals surface area contributed by atoms with E-state index in [1.54, 1.807) is 6.07 Å². The number of ether oxygens (including phenoxy) is 1. The topological polar surface area (TPSA) is 68.3 Å². The second-order valence-corrected chi connectivity index (χ2v) is 3.86.